The molecule has 0 aromatic carbocycles. The molecule has 0 aliphatic carbocycles. The van der Waals surface area contributed by atoms with Crippen molar-refractivity contribution >= 4 is 5.91 Å². The zero-order chi connectivity index (χ0) is 13.8. The second kappa shape index (κ2) is 5.82. The first kappa shape index (κ1) is 14.4. The number of hydrogen-bond acceptors (Lipinski definition) is 4. The fourth-order valence-electron chi connectivity index (χ4n) is 1.33. The van der Waals surface area contributed by atoms with Crippen molar-refractivity contribution in [2.24, 2.45) is 5.92 Å². The summed E-state index contributed by atoms with van der Waals surface area (Å²) in [5.41, 5.74) is -0.201. The minimum absolute atomic E-state index is 0.111. The van der Waals surface area contributed by atoms with Gasteiger partial charge in [-0.1, -0.05) is 13.8 Å². The average molecular weight is 252 g/mol. The predicted molar refractivity (Wildman–Crippen MR) is 68.6 cm³/mol. The number of aromatic nitrogens is 1. The first-order valence-electron chi connectivity index (χ1n) is 5.86. The highest BCUT2D eigenvalue weighted by atomic mass is 16.5. The molecule has 18 heavy (non-hydrogen) atoms. The molecule has 2 N–H and O–H groups in total. The molecule has 0 aliphatic rings. The van der Waals surface area contributed by atoms with Crippen molar-refractivity contribution in [1.82, 2.24) is 10.3 Å². The third kappa shape index (κ3) is 3.20. The van der Waals surface area contributed by atoms with E-state index in [2.05, 4.69) is 10.3 Å². The molecule has 0 radical (unpaired) electrons. The highest BCUT2D eigenvalue weighted by Gasteiger charge is 2.29. The Balaban J connectivity index is 2.81. The fraction of sp³-hybridized carbons (Fsp3) is 0.538. The number of rotatable bonds is 5. The molecule has 1 heterocycles. The summed E-state index contributed by atoms with van der Waals surface area (Å²) < 4.78 is 4.93. The number of nitrogens with zero attached hydrogens (tertiary/aromatic N) is 1. The Morgan fingerprint density at radius 2 is 2.22 bits per heavy atom. The normalized spacial score (nSPS) is 14.1. The molecular weight excluding hydrogens is 232 g/mol. The van der Waals surface area contributed by atoms with E-state index in [0.29, 0.717) is 11.4 Å². The third-order valence-corrected chi connectivity index (χ3v) is 3.21. The molecule has 0 saturated carbocycles. The van der Waals surface area contributed by atoms with Crippen LogP contribution in [0.15, 0.2) is 18.3 Å². The Bertz CT molecular complexity index is 403. The molecule has 0 bridgehead atoms. The lowest BCUT2D eigenvalue weighted by Crippen LogP contribution is -2.52. The van der Waals surface area contributed by atoms with Crippen molar-refractivity contribution in [3.63, 3.8) is 0 Å². The van der Waals surface area contributed by atoms with E-state index < -0.39 is 5.54 Å². The second-order valence-corrected chi connectivity index (χ2v) is 4.77. The van der Waals surface area contributed by atoms with Crippen molar-refractivity contribution in [2.75, 3.05) is 13.7 Å². The van der Waals surface area contributed by atoms with Gasteiger partial charge in [0.2, 0.25) is 5.88 Å². The topological polar surface area (TPSA) is 71.5 Å². The van der Waals surface area contributed by atoms with Crippen LogP contribution in [0, 0.1) is 5.92 Å². The molecule has 0 aliphatic heterocycles. The molecule has 1 atom stereocenters. The molecule has 1 rings (SSSR count). The zero-order valence-electron chi connectivity index (χ0n) is 11.2. The van der Waals surface area contributed by atoms with Crippen LogP contribution in [0.25, 0.3) is 0 Å². The lowest BCUT2D eigenvalue weighted by molar-refractivity contribution is 0.0783. The van der Waals surface area contributed by atoms with Gasteiger partial charge in [-0.15, -0.1) is 0 Å². The van der Waals surface area contributed by atoms with Crippen LogP contribution in [0.1, 0.15) is 31.1 Å². The zero-order valence-corrected chi connectivity index (χ0v) is 11.2. The second-order valence-electron chi connectivity index (χ2n) is 4.77. The Morgan fingerprint density at radius 3 is 2.61 bits per heavy atom. The standard InChI is InChI=1S/C13H20N2O3/c1-9(2)13(3,8-16)15-12(17)10-5-6-11(18-4)14-7-10/h5-7,9,16H,8H2,1-4H3,(H,15,17)/t13-/m0/s1. The Labute approximate surface area is 107 Å². The van der Waals surface area contributed by atoms with Gasteiger partial charge in [0.1, 0.15) is 0 Å². The highest BCUT2D eigenvalue weighted by molar-refractivity contribution is 5.94. The minimum atomic E-state index is -0.642. The van der Waals surface area contributed by atoms with E-state index in [9.17, 15) is 9.90 Å². The maximum Gasteiger partial charge on any atom is 0.253 e. The number of aliphatic hydroxyl groups excluding tert-OH is 1. The number of pyridine rings is 1. The van der Waals surface area contributed by atoms with Crippen LogP contribution < -0.4 is 10.1 Å². The monoisotopic (exact) mass is 252 g/mol. The van der Waals surface area contributed by atoms with Crippen molar-refractivity contribution < 1.29 is 14.6 Å². The molecule has 5 heteroatoms. The summed E-state index contributed by atoms with van der Waals surface area (Å²) >= 11 is 0. The van der Waals surface area contributed by atoms with Gasteiger partial charge in [0.25, 0.3) is 5.91 Å². The van der Waals surface area contributed by atoms with Crippen molar-refractivity contribution in [3.05, 3.63) is 23.9 Å². The molecule has 0 unspecified atom stereocenters. The number of nitrogens with one attached hydrogen (secondary N) is 1. The predicted octanol–water partition coefficient (Wildman–Crippen LogP) is 1.23. The summed E-state index contributed by atoms with van der Waals surface area (Å²) in [6, 6.07) is 3.26. The third-order valence-electron chi connectivity index (χ3n) is 3.21. The van der Waals surface area contributed by atoms with Gasteiger partial charge in [0, 0.05) is 12.3 Å². The lowest BCUT2D eigenvalue weighted by atomic mass is 9.89. The first-order valence-corrected chi connectivity index (χ1v) is 5.86. The van der Waals surface area contributed by atoms with E-state index in [1.165, 1.54) is 13.3 Å². The molecule has 0 saturated heterocycles. The van der Waals surface area contributed by atoms with Crippen molar-refractivity contribution in [3.8, 4) is 5.88 Å². The van der Waals surface area contributed by atoms with Gasteiger partial charge in [-0.05, 0) is 18.9 Å². The SMILES string of the molecule is COc1ccc(C(=O)N[C@@](C)(CO)C(C)C)cn1. The van der Waals surface area contributed by atoms with Crippen LogP contribution in [-0.2, 0) is 0 Å². The maximum absolute atomic E-state index is 12.0. The van der Waals surface area contributed by atoms with Crippen LogP contribution in [0.4, 0.5) is 0 Å². The molecule has 1 aromatic heterocycles. The minimum Gasteiger partial charge on any atom is -0.481 e. The van der Waals surface area contributed by atoms with Gasteiger partial charge >= 0.3 is 0 Å². The van der Waals surface area contributed by atoms with E-state index in [4.69, 9.17) is 4.74 Å². The Morgan fingerprint density at radius 1 is 1.56 bits per heavy atom. The number of hydrogen-bond donors (Lipinski definition) is 2. The summed E-state index contributed by atoms with van der Waals surface area (Å²) in [6.07, 6.45) is 1.45. The largest absolute Gasteiger partial charge is 0.481 e. The van der Waals surface area contributed by atoms with E-state index in [-0.39, 0.29) is 18.4 Å². The summed E-state index contributed by atoms with van der Waals surface area (Å²) in [4.78, 5) is 16.0. The first-order chi connectivity index (χ1) is 8.42. The molecule has 1 amide bonds. The van der Waals surface area contributed by atoms with Gasteiger partial charge in [-0.25, -0.2) is 4.98 Å². The van der Waals surface area contributed by atoms with Gasteiger partial charge in [0.15, 0.2) is 0 Å². The van der Waals surface area contributed by atoms with Crippen LogP contribution in [0.2, 0.25) is 0 Å². The number of aliphatic hydroxyl groups is 1. The maximum atomic E-state index is 12.0. The van der Waals surface area contributed by atoms with Crippen molar-refractivity contribution in [1.29, 1.82) is 0 Å². The fourth-order valence-corrected chi connectivity index (χ4v) is 1.33. The van der Waals surface area contributed by atoms with Gasteiger partial charge in [-0.3, -0.25) is 4.79 Å². The highest BCUT2D eigenvalue weighted by Crippen LogP contribution is 2.16. The smallest absolute Gasteiger partial charge is 0.253 e. The molecule has 100 valence electrons. The van der Waals surface area contributed by atoms with Crippen LogP contribution in [-0.4, -0.2) is 35.3 Å². The Kier molecular flexibility index (Phi) is 4.67. The van der Waals surface area contributed by atoms with E-state index >= 15 is 0 Å². The Hall–Kier alpha value is -1.62. The van der Waals surface area contributed by atoms with Crippen LogP contribution in [0.5, 0.6) is 5.88 Å². The molecule has 5 nitrogen and oxygen atoms in total. The van der Waals surface area contributed by atoms with Gasteiger partial charge in [0.05, 0.1) is 24.8 Å². The molecule has 1 aromatic rings. The number of carbonyl (C=O) groups is 1. The number of carbonyl (C=O) groups excluding carboxylic acids is 1. The van der Waals surface area contributed by atoms with E-state index in [0.717, 1.165) is 0 Å². The molecular formula is C13H20N2O3. The van der Waals surface area contributed by atoms with E-state index in [1.807, 2.05) is 20.8 Å². The van der Waals surface area contributed by atoms with Crippen LogP contribution >= 0.6 is 0 Å². The van der Waals surface area contributed by atoms with Crippen molar-refractivity contribution in [2.45, 2.75) is 26.3 Å². The molecule has 0 fully saturated rings. The molecule has 0 spiro atoms. The average Bonchev–Trinajstić information content (AvgIpc) is 2.38. The number of ether oxygens (including phenoxy) is 1. The summed E-state index contributed by atoms with van der Waals surface area (Å²) in [6.45, 7) is 5.60. The quantitative estimate of drug-likeness (QED) is 0.826. The van der Waals surface area contributed by atoms with Crippen LogP contribution in [0.3, 0.4) is 0 Å². The van der Waals surface area contributed by atoms with Gasteiger partial charge < -0.3 is 15.2 Å². The summed E-state index contributed by atoms with van der Waals surface area (Å²) in [5, 5.41) is 12.2. The lowest BCUT2D eigenvalue weighted by Gasteiger charge is -2.32. The number of amides is 1. The summed E-state index contributed by atoms with van der Waals surface area (Å²) in [7, 11) is 1.52. The van der Waals surface area contributed by atoms with Gasteiger partial charge in [-0.2, -0.15) is 0 Å². The summed E-state index contributed by atoms with van der Waals surface area (Å²) in [5.74, 6) is 0.327. The number of methoxy groups -OCH3 is 1. The van der Waals surface area contributed by atoms with E-state index in [1.54, 1.807) is 12.1 Å².